The highest BCUT2D eigenvalue weighted by Gasteiger charge is 2.32. The molecule has 2 heterocycles. The van der Waals surface area contributed by atoms with Gasteiger partial charge < -0.3 is 14.9 Å². The van der Waals surface area contributed by atoms with Crippen LogP contribution in [-0.2, 0) is 38.3 Å². The molecule has 164 valence electrons. The van der Waals surface area contributed by atoms with Gasteiger partial charge in [-0.1, -0.05) is 0 Å². The normalized spacial score (nSPS) is 16.6. The Balaban J connectivity index is 1.59. The Hall–Kier alpha value is -3.08. The van der Waals surface area contributed by atoms with Crippen LogP contribution in [0.2, 0.25) is 0 Å². The number of imide groups is 2. The van der Waals surface area contributed by atoms with E-state index in [9.17, 15) is 28.8 Å². The zero-order valence-electron chi connectivity index (χ0n) is 17.0. The maximum absolute atomic E-state index is 12.1. The van der Waals surface area contributed by atoms with E-state index in [0.29, 0.717) is 11.5 Å². The van der Waals surface area contributed by atoms with Gasteiger partial charge in [-0.05, 0) is 20.3 Å². The number of hydrogen-bond acceptors (Lipinski definition) is 8. The Kier molecular flexibility index (Phi) is 7.81. The first-order valence-electron chi connectivity index (χ1n) is 9.58. The smallest absolute Gasteiger partial charge is 0.335 e. The van der Waals surface area contributed by atoms with Gasteiger partial charge in [-0.25, -0.2) is 4.79 Å². The van der Waals surface area contributed by atoms with Crippen LogP contribution in [0.25, 0.3) is 0 Å². The van der Waals surface area contributed by atoms with Gasteiger partial charge in [0, 0.05) is 50.1 Å². The molecule has 2 aliphatic heterocycles. The Labute approximate surface area is 173 Å². The summed E-state index contributed by atoms with van der Waals surface area (Å²) in [6, 6.07) is 0. The number of nitrogens with one attached hydrogen (secondary N) is 1. The van der Waals surface area contributed by atoms with Gasteiger partial charge in [0.15, 0.2) is 0 Å². The summed E-state index contributed by atoms with van der Waals surface area (Å²) in [4.78, 5) is 75.1. The second kappa shape index (κ2) is 10.1. The molecule has 0 spiro atoms. The molecule has 0 atom stereocenters. The summed E-state index contributed by atoms with van der Waals surface area (Å²) in [5.41, 5.74) is -0.608. The van der Waals surface area contributed by atoms with E-state index in [-0.39, 0.29) is 51.3 Å². The van der Waals surface area contributed by atoms with E-state index in [0.717, 1.165) is 17.1 Å². The SMILES string of the molecule is CC(C)(CCOCCC(=O)ON1C(=O)CCC1=O)NC(=O)CCN1C(=O)C=CC1=O. The van der Waals surface area contributed by atoms with Crippen LogP contribution in [0.3, 0.4) is 0 Å². The highest BCUT2D eigenvalue weighted by molar-refractivity contribution is 6.13. The number of carbonyl (C=O) groups is 6. The summed E-state index contributed by atoms with van der Waals surface area (Å²) in [5, 5.41) is 3.29. The molecule has 0 aromatic rings. The van der Waals surface area contributed by atoms with Crippen LogP contribution >= 0.6 is 0 Å². The van der Waals surface area contributed by atoms with Gasteiger partial charge in [0.25, 0.3) is 23.6 Å². The van der Waals surface area contributed by atoms with Crippen LogP contribution in [-0.4, -0.2) is 70.8 Å². The predicted molar refractivity (Wildman–Crippen MR) is 99.9 cm³/mol. The first kappa shape index (κ1) is 23.2. The monoisotopic (exact) mass is 423 g/mol. The van der Waals surface area contributed by atoms with Crippen LogP contribution in [0.15, 0.2) is 12.2 Å². The molecule has 1 N–H and O–H groups in total. The van der Waals surface area contributed by atoms with Crippen LogP contribution in [0.4, 0.5) is 0 Å². The molecule has 2 aliphatic rings. The van der Waals surface area contributed by atoms with E-state index in [1.165, 1.54) is 0 Å². The van der Waals surface area contributed by atoms with Crippen molar-refractivity contribution in [1.29, 1.82) is 0 Å². The van der Waals surface area contributed by atoms with Gasteiger partial charge >= 0.3 is 5.97 Å². The van der Waals surface area contributed by atoms with Gasteiger partial charge in [0.1, 0.15) is 0 Å². The zero-order valence-corrected chi connectivity index (χ0v) is 17.0. The minimum atomic E-state index is -0.744. The van der Waals surface area contributed by atoms with Crippen molar-refractivity contribution >= 4 is 35.5 Å². The average Bonchev–Trinajstić information content (AvgIpc) is 3.15. The third-order valence-electron chi connectivity index (χ3n) is 4.46. The number of nitrogens with zero attached hydrogens (tertiary/aromatic N) is 2. The minimum Gasteiger partial charge on any atom is -0.381 e. The van der Waals surface area contributed by atoms with E-state index in [2.05, 4.69) is 5.32 Å². The number of amides is 5. The number of hydroxylamine groups is 2. The summed E-state index contributed by atoms with van der Waals surface area (Å²) in [5.74, 6) is -3.00. The number of hydrogen-bond donors (Lipinski definition) is 1. The fourth-order valence-electron chi connectivity index (χ4n) is 2.76. The van der Waals surface area contributed by atoms with E-state index < -0.39 is 35.1 Å². The largest absolute Gasteiger partial charge is 0.381 e. The summed E-state index contributed by atoms with van der Waals surface area (Å²) < 4.78 is 5.36. The highest BCUT2D eigenvalue weighted by Crippen LogP contribution is 2.13. The standard InChI is InChI=1S/C19H25N3O8/c1-19(2,20-13(23)7-10-21-14(24)3-4-15(21)25)9-12-29-11-8-18(28)30-22-16(26)5-6-17(22)27/h3-4H,5-12H2,1-2H3,(H,20,23). The Morgan fingerprint density at radius 3 is 2.20 bits per heavy atom. The lowest BCUT2D eigenvalue weighted by Gasteiger charge is -2.26. The first-order valence-corrected chi connectivity index (χ1v) is 9.58. The van der Waals surface area contributed by atoms with Crippen molar-refractivity contribution in [3.63, 3.8) is 0 Å². The summed E-state index contributed by atoms with van der Waals surface area (Å²) in [6.07, 6.45) is 2.70. The molecule has 2 rings (SSSR count). The van der Waals surface area contributed by atoms with Gasteiger partial charge in [-0.15, -0.1) is 5.06 Å². The van der Waals surface area contributed by atoms with Crippen LogP contribution < -0.4 is 5.32 Å². The van der Waals surface area contributed by atoms with Crippen molar-refractivity contribution in [2.24, 2.45) is 0 Å². The quantitative estimate of drug-likeness (QED) is 0.350. The lowest BCUT2D eigenvalue weighted by Crippen LogP contribution is -2.45. The Morgan fingerprint density at radius 1 is 1.00 bits per heavy atom. The number of rotatable bonds is 11. The van der Waals surface area contributed by atoms with Crippen LogP contribution in [0.1, 0.15) is 46.0 Å². The van der Waals surface area contributed by atoms with E-state index in [1.807, 2.05) is 0 Å². The second-order valence-electron chi connectivity index (χ2n) is 7.50. The first-order chi connectivity index (χ1) is 14.1. The van der Waals surface area contributed by atoms with E-state index in [1.54, 1.807) is 13.8 Å². The molecule has 1 saturated heterocycles. The van der Waals surface area contributed by atoms with E-state index in [4.69, 9.17) is 9.57 Å². The van der Waals surface area contributed by atoms with Crippen molar-refractivity contribution in [2.75, 3.05) is 19.8 Å². The van der Waals surface area contributed by atoms with E-state index >= 15 is 0 Å². The number of ether oxygens (including phenoxy) is 1. The Morgan fingerprint density at radius 2 is 1.60 bits per heavy atom. The van der Waals surface area contributed by atoms with Crippen LogP contribution in [0.5, 0.6) is 0 Å². The Bertz CT molecular complexity index is 740. The molecule has 1 fully saturated rings. The summed E-state index contributed by atoms with van der Waals surface area (Å²) >= 11 is 0. The molecule has 0 bridgehead atoms. The lowest BCUT2D eigenvalue weighted by molar-refractivity contribution is -0.198. The molecular formula is C19H25N3O8. The third-order valence-corrected chi connectivity index (χ3v) is 4.46. The molecule has 0 saturated carbocycles. The molecule has 11 heteroatoms. The van der Waals surface area contributed by atoms with Gasteiger partial charge in [-0.2, -0.15) is 0 Å². The second-order valence-corrected chi connectivity index (χ2v) is 7.50. The van der Waals surface area contributed by atoms with Crippen molar-refractivity contribution in [1.82, 2.24) is 15.3 Å². The summed E-state index contributed by atoms with van der Waals surface area (Å²) in [7, 11) is 0. The third kappa shape index (κ3) is 6.76. The van der Waals surface area contributed by atoms with Crippen molar-refractivity contribution in [2.45, 2.75) is 51.5 Å². The molecule has 0 radical (unpaired) electrons. The molecule has 0 aliphatic carbocycles. The molecular weight excluding hydrogens is 398 g/mol. The van der Waals surface area contributed by atoms with Crippen molar-refractivity contribution in [3.8, 4) is 0 Å². The fraction of sp³-hybridized carbons (Fsp3) is 0.579. The average molecular weight is 423 g/mol. The van der Waals surface area contributed by atoms with Gasteiger partial charge in [-0.3, -0.25) is 28.9 Å². The molecule has 0 aromatic heterocycles. The van der Waals surface area contributed by atoms with Crippen molar-refractivity contribution < 1.29 is 38.3 Å². The summed E-state index contributed by atoms with van der Waals surface area (Å²) in [6.45, 7) is 3.87. The fourth-order valence-corrected chi connectivity index (χ4v) is 2.76. The van der Waals surface area contributed by atoms with Crippen LogP contribution in [0, 0.1) is 0 Å². The highest BCUT2D eigenvalue weighted by atomic mass is 16.7. The number of carbonyl (C=O) groups excluding carboxylic acids is 6. The maximum Gasteiger partial charge on any atom is 0.335 e. The molecule has 5 amide bonds. The predicted octanol–water partition coefficient (Wildman–Crippen LogP) is -0.400. The van der Waals surface area contributed by atoms with Crippen molar-refractivity contribution in [3.05, 3.63) is 12.2 Å². The molecule has 0 unspecified atom stereocenters. The van der Waals surface area contributed by atoms with Gasteiger partial charge in [0.05, 0.1) is 13.0 Å². The topological polar surface area (TPSA) is 139 Å². The molecule has 30 heavy (non-hydrogen) atoms. The minimum absolute atomic E-state index is 0.00716. The lowest BCUT2D eigenvalue weighted by atomic mass is 10.0. The molecule has 11 nitrogen and oxygen atoms in total. The molecule has 0 aromatic carbocycles. The zero-order chi connectivity index (χ0) is 22.3. The maximum atomic E-state index is 12.1. The van der Waals surface area contributed by atoms with Gasteiger partial charge in [0.2, 0.25) is 5.91 Å².